The molecule has 0 aliphatic heterocycles. The van der Waals surface area contributed by atoms with Gasteiger partial charge in [-0.05, 0) is 71.0 Å². The summed E-state index contributed by atoms with van der Waals surface area (Å²) in [6, 6.07) is 59.0. The van der Waals surface area contributed by atoms with Crippen LogP contribution in [0.2, 0.25) is 0 Å². The van der Waals surface area contributed by atoms with Crippen molar-refractivity contribution < 1.29 is 19.4 Å². The molecular formula is C47H46O4. The molecule has 0 saturated heterocycles. The zero-order chi connectivity index (χ0) is 35.1. The predicted octanol–water partition coefficient (Wildman–Crippen LogP) is 9.52. The third-order valence-corrected chi connectivity index (χ3v) is 9.51. The summed E-state index contributed by atoms with van der Waals surface area (Å²) in [5, 5.41) is 11.8. The number of aliphatic hydroxyl groups excluding tert-OH is 1. The number of hydrogen-bond donors (Lipinski definition) is 1. The van der Waals surface area contributed by atoms with Gasteiger partial charge in [0.2, 0.25) is 0 Å². The maximum atomic E-state index is 13.9. The van der Waals surface area contributed by atoms with E-state index in [1.54, 1.807) is 0 Å². The van der Waals surface area contributed by atoms with Gasteiger partial charge < -0.3 is 14.6 Å². The number of esters is 1. The topological polar surface area (TPSA) is 55.8 Å². The standard InChI is InChI=1S/C47H46O4/c48-45(33-32-39-25-17-24-38(34-39)23-16-22-37-18-6-1-7-19-37)44(46(49)50-35-40-20-8-2-9-21-40)36-51-47(41-26-10-3-11-27-41,42-28-12-4-13-29-42)43-30-14-5-15-31-43/h1-15,17-21,24-31,34,44-45,48H,16,22-23,32-33,35-36H2/t44-,45+/m0/s1. The van der Waals surface area contributed by atoms with Crippen LogP contribution >= 0.6 is 0 Å². The predicted molar refractivity (Wildman–Crippen MR) is 204 cm³/mol. The lowest BCUT2D eigenvalue weighted by Gasteiger charge is -2.37. The first-order valence-electron chi connectivity index (χ1n) is 17.9. The number of ether oxygens (including phenoxy) is 2. The fraction of sp³-hybridized carbons (Fsp3) is 0.213. The summed E-state index contributed by atoms with van der Waals surface area (Å²) < 4.78 is 12.9. The first kappa shape index (κ1) is 35.5. The molecule has 0 spiro atoms. The van der Waals surface area contributed by atoms with Crippen LogP contribution in [0.1, 0.15) is 51.8 Å². The van der Waals surface area contributed by atoms with E-state index in [4.69, 9.17) is 9.47 Å². The first-order valence-corrected chi connectivity index (χ1v) is 17.9. The van der Waals surface area contributed by atoms with E-state index in [9.17, 15) is 9.90 Å². The zero-order valence-corrected chi connectivity index (χ0v) is 29.0. The van der Waals surface area contributed by atoms with Crippen LogP contribution in [-0.4, -0.2) is 23.8 Å². The number of carbonyl (C=O) groups is 1. The van der Waals surface area contributed by atoms with E-state index >= 15 is 0 Å². The Bertz CT molecular complexity index is 1800. The second-order valence-electron chi connectivity index (χ2n) is 13.1. The van der Waals surface area contributed by atoms with E-state index in [1.165, 1.54) is 11.1 Å². The summed E-state index contributed by atoms with van der Waals surface area (Å²) in [5.41, 5.74) is 6.40. The molecule has 2 atom stereocenters. The number of rotatable bonds is 17. The average molecular weight is 675 g/mol. The van der Waals surface area contributed by atoms with Crippen LogP contribution in [-0.2, 0) is 45.7 Å². The van der Waals surface area contributed by atoms with Gasteiger partial charge in [-0.1, -0.05) is 176 Å². The first-order chi connectivity index (χ1) is 25.1. The Labute approximate surface area is 302 Å². The lowest BCUT2D eigenvalue weighted by atomic mass is 9.80. The van der Waals surface area contributed by atoms with Gasteiger partial charge >= 0.3 is 5.97 Å². The Morgan fingerprint density at radius 3 is 1.49 bits per heavy atom. The van der Waals surface area contributed by atoms with E-state index in [0.717, 1.165) is 47.1 Å². The summed E-state index contributed by atoms with van der Waals surface area (Å²) >= 11 is 0. The summed E-state index contributed by atoms with van der Waals surface area (Å²) in [6.07, 6.45) is 3.10. The van der Waals surface area contributed by atoms with Crippen LogP contribution in [0.4, 0.5) is 0 Å². The molecule has 0 aliphatic rings. The Hall–Kier alpha value is -5.29. The van der Waals surface area contributed by atoms with Crippen LogP contribution in [0.25, 0.3) is 0 Å². The Morgan fingerprint density at radius 1 is 0.529 bits per heavy atom. The third-order valence-electron chi connectivity index (χ3n) is 9.51. The number of carbonyl (C=O) groups excluding carboxylic acids is 1. The molecule has 258 valence electrons. The summed E-state index contributed by atoms with van der Waals surface area (Å²) in [5.74, 6) is -1.40. The van der Waals surface area contributed by atoms with Crippen LogP contribution < -0.4 is 0 Å². The van der Waals surface area contributed by atoms with Crippen molar-refractivity contribution in [1.29, 1.82) is 0 Å². The molecule has 6 rings (SSSR count). The van der Waals surface area contributed by atoms with E-state index < -0.39 is 23.6 Å². The molecule has 0 unspecified atom stereocenters. The molecule has 0 aliphatic carbocycles. The van der Waals surface area contributed by atoms with Crippen molar-refractivity contribution >= 4 is 5.97 Å². The Morgan fingerprint density at radius 2 is 0.961 bits per heavy atom. The number of benzene rings is 6. The van der Waals surface area contributed by atoms with Crippen molar-refractivity contribution in [1.82, 2.24) is 0 Å². The van der Waals surface area contributed by atoms with Gasteiger partial charge in [-0.3, -0.25) is 4.79 Å². The highest BCUT2D eigenvalue weighted by atomic mass is 16.5. The van der Waals surface area contributed by atoms with E-state index in [1.807, 2.05) is 127 Å². The van der Waals surface area contributed by atoms with Gasteiger partial charge in [0, 0.05) is 0 Å². The second kappa shape index (κ2) is 18.1. The Balaban J connectivity index is 1.23. The van der Waals surface area contributed by atoms with Crippen LogP contribution in [0.3, 0.4) is 0 Å². The van der Waals surface area contributed by atoms with Crippen molar-refractivity contribution in [2.45, 2.75) is 50.4 Å². The minimum atomic E-state index is -1.03. The van der Waals surface area contributed by atoms with Crippen LogP contribution in [0.5, 0.6) is 0 Å². The largest absolute Gasteiger partial charge is 0.460 e. The van der Waals surface area contributed by atoms with Gasteiger partial charge in [0.1, 0.15) is 18.1 Å². The lowest BCUT2D eigenvalue weighted by Crippen LogP contribution is -2.40. The molecular weight excluding hydrogens is 629 g/mol. The molecule has 6 aromatic rings. The van der Waals surface area contributed by atoms with Crippen molar-refractivity contribution in [2.24, 2.45) is 5.92 Å². The van der Waals surface area contributed by atoms with Gasteiger partial charge in [-0.15, -0.1) is 0 Å². The number of aliphatic hydroxyl groups is 1. The van der Waals surface area contributed by atoms with Gasteiger partial charge in [-0.2, -0.15) is 0 Å². The molecule has 4 heteroatoms. The number of aryl methyl sites for hydroxylation is 3. The van der Waals surface area contributed by atoms with E-state index in [2.05, 4.69) is 48.5 Å². The van der Waals surface area contributed by atoms with Crippen LogP contribution in [0, 0.1) is 5.92 Å². The lowest BCUT2D eigenvalue weighted by molar-refractivity contribution is -0.159. The minimum absolute atomic E-state index is 0.0486. The molecule has 1 N–H and O–H groups in total. The van der Waals surface area contributed by atoms with Crippen molar-refractivity contribution in [2.75, 3.05) is 6.61 Å². The van der Waals surface area contributed by atoms with Gasteiger partial charge in [-0.25, -0.2) is 0 Å². The van der Waals surface area contributed by atoms with Crippen molar-refractivity contribution in [3.05, 3.63) is 215 Å². The van der Waals surface area contributed by atoms with Gasteiger partial charge in [0.25, 0.3) is 0 Å². The molecule has 6 aromatic carbocycles. The highest BCUT2D eigenvalue weighted by Gasteiger charge is 2.40. The average Bonchev–Trinajstić information content (AvgIpc) is 3.20. The SMILES string of the molecule is O=C(OCc1ccccc1)[C@@H](COC(c1ccccc1)(c1ccccc1)c1ccccc1)[C@H](O)CCc1cccc(CCCc2ccccc2)c1. The maximum absolute atomic E-state index is 13.9. The Kier molecular flexibility index (Phi) is 12.6. The molecule has 0 fully saturated rings. The summed E-state index contributed by atoms with van der Waals surface area (Å²) in [7, 11) is 0. The monoisotopic (exact) mass is 674 g/mol. The second-order valence-corrected chi connectivity index (χ2v) is 13.1. The summed E-state index contributed by atoms with van der Waals surface area (Å²) in [6.45, 7) is 0.0715. The fourth-order valence-electron chi connectivity index (χ4n) is 6.75. The quantitative estimate of drug-likeness (QED) is 0.0774. The number of hydrogen-bond acceptors (Lipinski definition) is 4. The molecule has 0 amide bonds. The molecule has 0 aromatic heterocycles. The third kappa shape index (κ3) is 9.49. The van der Waals surface area contributed by atoms with Gasteiger partial charge in [0.15, 0.2) is 0 Å². The smallest absolute Gasteiger partial charge is 0.314 e. The minimum Gasteiger partial charge on any atom is -0.460 e. The molecule has 0 radical (unpaired) electrons. The molecule has 0 heterocycles. The highest BCUT2D eigenvalue weighted by Crippen LogP contribution is 2.41. The molecule has 0 bridgehead atoms. The zero-order valence-electron chi connectivity index (χ0n) is 29.0. The van der Waals surface area contributed by atoms with E-state index in [0.29, 0.717) is 12.8 Å². The fourth-order valence-corrected chi connectivity index (χ4v) is 6.75. The van der Waals surface area contributed by atoms with E-state index in [-0.39, 0.29) is 13.2 Å². The maximum Gasteiger partial charge on any atom is 0.314 e. The normalized spacial score (nSPS) is 12.6. The van der Waals surface area contributed by atoms with Crippen LogP contribution in [0.15, 0.2) is 176 Å². The van der Waals surface area contributed by atoms with Crippen molar-refractivity contribution in [3.8, 4) is 0 Å². The molecule has 4 nitrogen and oxygen atoms in total. The van der Waals surface area contributed by atoms with Crippen molar-refractivity contribution in [3.63, 3.8) is 0 Å². The summed E-state index contributed by atoms with van der Waals surface area (Å²) in [4.78, 5) is 13.9. The van der Waals surface area contributed by atoms with Gasteiger partial charge in [0.05, 0.1) is 12.7 Å². The molecule has 51 heavy (non-hydrogen) atoms. The molecule has 0 saturated carbocycles. The highest BCUT2D eigenvalue weighted by molar-refractivity contribution is 5.73.